The Bertz CT molecular complexity index is 764. The minimum absolute atomic E-state index is 0.274. The van der Waals surface area contributed by atoms with Crippen molar-refractivity contribution in [3.8, 4) is 11.3 Å². The van der Waals surface area contributed by atoms with Crippen LogP contribution in [0, 0.1) is 0 Å². The third-order valence-corrected chi connectivity index (χ3v) is 3.66. The molecule has 0 saturated heterocycles. The summed E-state index contributed by atoms with van der Waals surface area (Å²) in [5.41, 5.74) is 4.29. The van der Waals surface area contributed by atoms with Gasteiger partial charge in [-0.15, -0.1) is 0 Å². The summed E-state index contributed by atoms with van der Waals surface area (Å²) in [4.78, 5) is 14.0. The van der Waals surface area contributed by atoms with E-state index in [4.69, 9.17) is 11.6 Å². The molecule has 21 heavy (non-hydrogen) atoms. The summed E-state index contributed by atoms with van der Waals surface area (Å²) in [6.45, 7) is 0.971. The van der Waals surface area contributed by atoms with Crippen LogP contribution in [-0.4, -0.2) is 40.5 Å². The van der Waals surface area contributed by atoms with Crippen molar-refractivity contribution < 1.29 is 0 Å². The number of H-pyrrole nitrogens is 1. The van der Waals surface area contributed by atoms with E-state index in [9.17, 15) is 0 Å². The summed E-state index contributed by atoms with van der Waals surface area (Å²) >= 11 is 5.95. The lowest BCUT2D eigenvalue weighted by molar-refractivity contribution is 0.412. The molecule has 0 bridgehead atoms. The zero-order valence-electron chi connectivity index (χ0n) is 12.1. The third-order valence-electron chi connectivity index (χ3n) is 3.48. The molecule has 3 rings (SSSR count). The van der Waals surface area contributed by atoms with E-state index in [0.29, 0.717) is 0 Å². The molecule has 1 aromatic carbocycles. The molecule has 0 saturated carbocycles. The van der Waals surface area contributed by atoms with Crippen molar-refractivity contribution in [3.05, 3.63) is 47.5 Å². The first-order chi connectivity index (χ1) is 10.1. The van der Waals surface area contributed by atoms with Crippen LogP contribution in [0.3, 0.4) is 0 Å². The Morgan fingerprint density at radius 1 is 1.19 bits per heavy atom. The molecule has 0 spiro atoms. The van der Waals surface area contributed by atoms with E-state index >= 15 is 0 Å². The molecule has 0 aliphatic rings. The first kappa shape index (κ1) is 14.0. The van der Waals surface area contributed by atoms with Crippen LogP contribution < -0.4 is 0 Å². The molecule has 0 aliphatic heterocycles. The Labute approximate surface area is 128 Å². The topological polar surface area (TPSA) is 44.8 Å². The molecule has 0 aliphatic carbocycles. The van der Waals surface area contributed by atoms with Crippen LogP contribution in [0.5, 0.6) is 0 Å². The van der Waals surface area contributed by atoms with Gasteiger partial charge >= 0.3 is 0 Å². The zero-order valence-corrected chi connectivity index (χ0v) is 12.9. The Kier molecular flexibility index (Phi) is 3.90. The van der Waals surface area contributed by atoms with Crippen LogP contribution in [0.2, 0.25) is 5.28 Å². The van der Waals surface area contributed by atoms with E-state index in [1.165, 1.54) is 11.1 Å². The van der Waals surface area contributed by atoms with E-state index in [1.54, 1.807) is 6.20 Å². The van der Waals surface area contributed by atoms with Gasteiger partial charge in [0.1, 0.15) is 0 Å². The van der Waals surface area contributed by atoms with Crippen molar-refractivity contribution in [1.29, 1.82) is 0 Å². The number of likely N-dealkylation sites (N-methyl/N-ethyl adjacent to an activating group) is 1. The normalized spacial score (nSPS) is 11.4. The number of rotatable bonds is 4. The number of hydrogen-bond acceptors (Lipinski definition) is 3. The highest BCUT2D eigenvalue weighted by atomic mass is 35.5. The van der Waals surface area contributed by atoms with Crippen molar-refractivity contribution in [2.24, 2.45) is 0 Å². The molecule has 0 amide bonds. The Balaban J connectivity index is 2.15. The predicted molar refractivity (Wildman–Crippen MR) is 86.6 cm³/mol. The molecule has 2 heterocycles. The molecule has 3 aromatic rings. The second-order valence-electron chi connectivity index (χ2n) is 5.29. The Hall–Kier alpha value is -1.91. The Morgan fingerprint density at radius 2 is 2.00 bits per heavy atom. The molecule has 2 aromatic heterocycles. The highest BCUT2D eigenvalue weighted by Crippen LogP contribution is 2.31. The van der Waals surface area contributed by atoms with Crippen molar-refractivity contribution in [1.82, 2.24) is 19.9 Å². The summed E-state index contributed by atoms with van der Waals surface area (Å²) in [6, 6.07) is 10.2. The number of para-hydroxylation sites is 1. The molecule has 0 radical (unpaired) electrons. The van der Waals surface area contributed by atoms with Crippen LogP contribution in [-0.2, 0) is 6.42 Å². The molecular weight excluding hydrogens is 284 g/mol. The molecule has 5 heteroatoms. The van der Waals surface area contributed by atoms with Crippen LogP contribution in [0.1, 0.15) is 5.69 Å². The first-order valence-corrected chi connectivity index (χ1v) is 7.26. The number of halogens is 1. The lowest BCUT2D eigenvalue weighted by Crippen LogP contribution is -2.15. The molecular formula is C16H17ClN4. The second-order valence-corrected chi connectivity index (χ2v) is 5.63. The van der Waals surface area contributed by atoms with Gasteiger partial charge in [-0.2, -0.15) is 0 Å². The van der Waals surface area contributed by atoms with Gasteiger partial charge in [0, 0.05) is 41.3 Å². The van der Waals surface area contributed by atoms with E-state index in [1.807, 2.05) is 18.2 Å². The number of fused-ring (bicyclic) bond motifs is 1. The van der Waals surface area contributed by atoms with Crippen molar-refractivity contribution >= 4 is 22.5 Å². The van der Waals surface area contributed by atoms with Crippen LogP contribution in [0.25, 0.3) is 22.2 Å². The van der Waals surface area contributed by atoms with E-state index < -0.39 is 0 Å². The van der Waals surface area contributed by atoms with E-state index in [-0.39, 0.29) is 5.28 Å². The smallest absolute Gasteiger partial charge is 0.222 e. The molecule has 0 fully saturated rings. The van der Waals surface area contributed by atoms with Gasteiger partial charge in [0.25, 0.3) is 0 Å². The maximum atomic E-state index is 5.95. The van der Waals surface area contributed by atoms with Gasteiger partial charge in [-0.1, -0.05) is 18.2 Å². The van der Waals surface area contributed by atoms with Gasteiger partial charge in [0.05, 0.1) is 5.69 Å². The summed E-state index contributed by atoms with van der Waals surface area (Å²) in [5, 5.41) is 1.44. The lowest BCUT2D eigenvalue weighted by atomic mass is 10.1. The maximum Gasteiger partial charge on any atom is 0.222 e. The van der Waals surface area contributed by atoms with Gasteiger partial charge in [-0.3, -0.25) is 0 Å². The SMILES string of the molecule is CN(C)CCc1[nH]c2ccccc2c1-c1ccnc(Cl)n1. The average Bonchev–Trinajstić information content (AvgIpc) is 2.83. The fourth-order valence-electron chi connectivity index (χ4n) is 2.49. The van der Waals surface area contributed by atoms with Crippen LogP contribution in [0.4, 0.5) is 0 Å². The number of benzene rings is 1. The third kappa shape index (κ3) is 2.91. The predicted octanol–water partition coefficient (Wildman–Crippen LogP) is 3.38. The molecule has 0 unspecified atom stereocenters. The maximum absolute atomic E-state index is 5.95. The van der Waals surface area contributed by atoms with Crippen molar-refractivity contribution in [2.75, 3.05) is 20.6 Å². The number of hydrogen-bond donors (Lipinski definition) is 1. The number of aromatic amines is 1. The average molecular weight is 301 g/mol. The van der Waals surface area contributed by atoms with Crippen molar-refractivity contribution in [2.45, 2.75) is 6.42 Å². The van der Waals surface area contributed by atoms with Gasteiger partial charge in [-0.05, 0) is 37.8 Å². The minimum Gasteiger partial charge on any atom is -0.358 e. The van der Waals surface area contributed by atoms with Gasteiger partial charge in [-0.25, -0.2) is 9.97 Å². The highest BCUT2D eigenvalue weighted by molar-refractivity contribution is 6.28. The highest BCUT2D eigenvalue weighted by Gasteiger charge is 2.14. The van der Waals surface area contributed by atoms with Crippen molar-refractivity contribution in [3.63, 3.8) is 0 Å². The van der Waals surface area contributed by atoms with Gasteiger partial charge in [0.15, 0.2) is 0 Å². The zero-order chi connectivity index (χ0) is 14.8. The second kappa shape index (κ2) is 5.84. The molecule has 1 N–H and O–H groups in total. The summed E-state index contributed by atoms with van der Waals surface area (Å²) in [7, 11) is 4.15. The van der Waals surface area contributed by atoms with Gasteiger partial charge in [0.2, 0.25) is 5.28 Å². The number of nitrogens with one attached hydrogen (secondary N) is 1. The minimum atomic E-state index is 0.274. The quantitative estimate of drug-likeness (QED) is 0.751. The van der Waals surface area contributed by atoms with Crippen LogP contribution in [0.15, 0.2) is 36.5 Å². The van der Waals surface area contributed by atoms with Crippen LogP contribution >= 0.6 is 11.6 Å². The monoisotopic (exact) mass is 300 g/mol. The number of nitrogens with zero attached hydrogens (tertiary/aromatic N) is 3. The summed E-state index contributed by atoms with van der Waals surface area (Å²) < 4.78 is 0. The fraction of sp³-hybridized carbons (Fsp3) is 0.250. The molecule has 108 valence electrons. The first-order valence-electron chi connectivity index (χ1n) is 6.88. The Morgan fingerprint density at radius 3 is 2.76 bits per heavy atom. The summed E-state index contributed by atoms with van der Waals surface area (Å²) in [6.07, 6.45) is 2.63. The number of aromatic nitrogens is 3. The van der Waals surface area contributed by atoms with E-state index in [0.717, 1.165) is 29.7 Å². The lowest BCUT2D eigenvalue weighted by Gasteiger charge is -2.10. The standard InChI is InChI=1S/C16H17ClN4/c1-21(2)10-8-14-15(13-7-9-18-16(17)20-13)11-5-3-4-6-12(11)19-14/h3-7,9,19H,8,10H2,1-2H3. The fourth-order valence-corrected chi connectivity index (χ4v) is 2.63. The molecule has 0 atom stereocenters. The molecule has 4 nitrogen and oxygen atoms in total. The van der Waals surface area contributed by atoms with E-state index in [2.05, 4.69) is 46.1 Å². The summed E-state index contributed by atoms with van der Waals surface area (Å²) in [5.74, 6) is 0. The largest absolute Gasteiger partial charge is 0.358 e. The van der Waals surface area contributed by atoms with Gasteiger partial charge < -0.3 is 9.88 Å².